The molecule has 0 aliphatic rings. The standard InChI is InChI=1S/C13H13BrN2O5/c1-3-19-12(17)10-9(16-13(18)20-4-2)8-5-7(14)6-15-11(8)21-10/h5-6H,3-4H2,1-2H3,(H,16,18). The van der Waals surface area contributed by atoms with E-state index in [0.29, 0.717) is 9.86 Å². The van der Waals surface area contributed by atoms with E-state index in [0.717, 1.165) is 0 Å². The minimum atomic E-state index is -0.689. The molecule has 0 spiro atoms. The van der Waals surface area contributed by atoms with Gasteiger partial charge in [0.2, 0.25) is 11.5 Å². The molecular weight excluding hydrogens is 344 g/mol. The van der Waals surface area contributed by atoms with Crippen molar-refractivity contribution in [2.24, 2.45) is 0 Å². The number of anilines is 1. The second-order valence-corrected chi connectivity index (χ2v) is 4.79. The van der Waals surface area contributed by atoms with Crippen LogP contribution in [0.2, 0.25) is 0 Å². The predicted octanol–water partition coefficient (Wildman–Crippen LogP) is 3.34. The van der Waals surface area contributed by atoms with Crippen LogP contribution in [-0.2, 0) is 9.47 Å². The molecule has 0 bridgehead atoms. The molecule has 2 aromatic heterocycles. The van der Waals surface area contributed by atoms with Crippen molar-refractivity contribution in [2.45, 2.75) is 13.8 Å². The van der Waals surface area contributed by atoms with Crippen LogP contribution in [0.15, 0.2) is 21.2 Å². The smallest absolute Gasteiger partial charge is 0.411 e. The number of carbonyl (C=O) groups excluding carboxylic acids is 2. The zero-order valence-corrected chi connectivity index (χ0v) is 13.0. The normalized spacial score (nSPS) is 10.4. The number of hydrogen-bond donors (Lipinski definition) is 1. The zero-order chi connectivity index (χ0) is 15.4. The van der Waals surface area contributed by atoms with Gasteiger partial charge in [-0.1, -0.05) is 0 Å². The number of rotatable bonds is 4. The number of aromatic nitrogens is 1. The number of pyridine rings is 1. The van der Waals surface area contributed by atoms with Gasteiger partial charge in [-0.3, -0.25) is 5.32 Å². The van der Waals surface area contributed by atoms with Crippen molar-refractivity contribution in [3.8, 4) is 0 Å². The third-order valence-corrected chi connectivity index (χ3v) is 2.91. The first-order valence-electron chi connectivity index (χ1n) is 6.25. The van der Waals surface area contributed by atoms with E-state index in [4.69, 9.17) is 13.9 Å². The summed E-state index contributed by atoms with van der Waals surface area (Å²) in [5.74, 6) is -0.802. The summed E-state index contributed by atoms with van der Waals surface area (Å²) >= 11 is 3.28. The number of halogens is 1. The van der Waals surface area contributed by atoms with Gasteiger partial charge in [-0.15, -0.1) is 0 Å². The summed E-state index contributed by atoms with van der Waals surface area (Å²) in [7, 11) is 0. The topological polar surface area (TPSA) is 90.7 Å². The molecule has 0 radical (unpaired) electrons. The Balaban J connectivity index is 2.50. The lowest BCUT2D eigenvalue weighted by Crippen LogP contribution is -2.15. The molecule has 2 rings (SSSR count). The fourth-order valence-electron chi connectivity index (χ4n) is 1.69. The Kier molecular flexibility index (Phi) is 4.79. The molecule has 0 unspecified atom stereocenters. The minimum absolute atomic E-state index is 0.120. The van der Waals surface area contributed by atoms with E-state index in [1.807, 2.05) is 0 Å². The number of esters is 1. The Bertz CT molecular complexity index is 682. The van der Waals surface area contributed by atoms with Crippen LogP contribution < -0.4 is 5.32 Å². The quantitative estimate of drug-likeness (QED) is 0.844. The molecule has 112 valence electrons. The average Bonchev–Trinajstić information content (AvgIpc) is 2.78. The molecule has 2 aromatic rings. The summed E-state index contributed by atoms with van der Waals surface area (Å²) in [5.41, 5.74) is 0.392. The van der Waals surface area contributed by atoms with Crippen LogP contribution in [0.3, 0.4) is 0 Å². The highest BCUT2D eigenvalue weighted by Crippen LogP contribution is 2.32. The highest BCUT2D eigenvalue weighted by atomic mass is 79.9. The maximum Gasteiger partial charge on any atom is 0.411 e. The highest BCUT2D eigenvalue weighted by Gasteiger charge is 2.24. The summed E-state index contributed by atoms with van der Waals surface area (Å²) in [4.78, 5) is 27.6. The van der Waals surface area contributed by atoms with E-state index >= 15 is 0 Å². The summed E-state index contributed by atoms with van der Waals surface area (Å²) in [6.45, 7) is 3.75. The van der Waals surface area contributed by atoms with Gasteiger partial charge in [0.25, 0.3) is 0 Å². The molecule has 1 amide bonds. The van der Waals surface area contributed by atoms with Gasteiger partial charge < -0.3 is 13.9 Å². The highest BCUT2D eigenvalue weighted by molar-refractivity contribution is 9.10. The first-order valence-corrected chi connectivity index (χ1v) is 7.05. The molecule has 0 saturated heterocycles. The monoisotopic (exact) mass is 356 g/mol. The third-order valence-electron chi connectivity index (χ3n) is 2.48. The first-order chi connectivity index (χ1) is 10.1. The molecule has 0 aliphatic heterocycles. The van der Waals surface area contributed by atoms with Crippen LogP contribution in [0.25, 0.3) is 11.1 Å². The van der Waals surface area contributed by atoms with Gasteiger partial charge in [-0.2, -0.15) is 0 Å². The van der Waals surface area contributed by atoms with Crippen LogP contribution in [0.4, 0.5) is 10.5 Å². The summed E-state index contributed by atoms with van der Waals surface area (Å²) in [6.07, 6.45) is 0.834. The van der Waals surface area contributed by atoms with E-state index in [1.165, 1.54) is 6.20 Å². The van der Waals surface area contributed by atoms with Crippen molar-refractivity contribution in [3.63, 3.8) is 0 Å². The maximum absolute atomic E-state index is 11.9. The van der Waals surface area contributed by atoms with E-state index < -0.39 is 12.1 Å². The number of nitrogens with one attached hydrogen (secondary N) is 1. The first kappa shape index (κ1) is 15.3. The molecule has 2 heterocycles. The van der Waals surface area contributed by atoms with Crippen LogP contribution in [0, 0.1) is 0 Å². The summed E-state index contributed by atoms with van der Waals surface area (Å²) in [6, 6.07) is 1.68. The van der Waals surface area contributed by atoms with Crippen LogP contribution in [0.5, 0.6) is 0 Å². The largest absolute Gasteiger partial charge is 0.460 e. The molecular formula is C13H13BrN2O5. The number of fused-ring (bicyclic) bond motifs is 1. The van der Waals surface area contributed by atoms with Gasteiger partial charge in [0.1, 0.15) is 5.69 Å². The predicted molar refractivity (Wildman–Crippen MR) is 78.3 cm³/mol. The van der Waals surface area contributed by atoms with Crippen molar-refractivity contribution >= 4 is 44.8 Å². The average molecular weight is 357 g/mol. The summed E-state index contributed by atoms with van der Waals surface area (Å²) in [5, 5.41) is 2.96. The van der Waals surface area contributed by atoms with Crippen LogP contribution in [0.1, 0.15) is 24.4 Å². The Morgan fingerprint density at radius 2 is 2.05 bits per heavy atom. The molecule has 0 aromatic carbocycles. The number of ether oxygens (including phenoxy) is 2. The molecule has 1 N–H and O–H groups in total. The second-order valence-electron chi connectivity index (χ2n) is 3.88. The molecule has 0 aliphatic carbocycles. The number of furan rings is 1. The number of nitrogens with zero attached hydrogens (tertiary/aromatic N) is 1. The minimum Gasteiger partial charge on any atom is -0.460 e. The maximum atomic E-state index is 11.9. The van der Waals surface area contributed by atoms with Crippen molar-refractivity contribution < 1.29 is 23.5 Å². The lowest BCUT2D eigenvalue weighted by molar-refractivity contribution is 0.0494. The van der Waals surface area contributed by atoms with E-state index in [9.17, 15) is 9.59 Å². The van der Waals surface area contributed by atoms with Crippen molar-refractivity contribution in [2.75, 3.05) is 18.5 Å². The lowest BCUT2D eigenvalue weighted by Gasteiger charge is -2.05. The van der Waals surface area contributed by atoms with Gasteiger partial charge in [-0.25, -0.2) is 14.6 Å². The van der Waals surface area contributed by atoms with E-state index in [2.05, 4.69) is 26.2 Å². The lowest BCUT2D eigenvalue weighted by atomic mass is 10.2. The molecule has 7 nitrogen and oxygen atoms in total. The number of carbonyl (C=O) groups is 2. The third kappa shape index (κ3) is 3.33. The Morgan fingerprint density at radius 1 is 1.33 bits per heavy atom. The molecule has 8 heteroatoms. The van der Waals surface area contributed by atoms with Gasteiger partial charge in [-0.05, 0) is 35.8 Å². The van der Waals surface area contributed by atoms with Crippen LogP contribution in [-0.4, -0.2) is 30.3 Å². The second kappa shape index (κ2) is 6.57. The van der Waals surface area contributed by atoms with Gasteiger partial charge in [0.05, 0.1) is 18.6 Å². The Hall–Kier alpha value is -2.09. The van der Waals surface area contributed by atoms with Crippen molar-refractivity contribution in [1.82, 2.24) is 4.98 Å². The summed E-state index contributed by atoms with van der Waals surface area (Å²) < 4.78 is 15.8. The number of amides is 1. The van der Waals surface area contributed by atoms with E-state index in [1.54, 1.807) is 19.9 Å². The fourth-order valence-corrected chi connectivity index (χ4v) is 2.02. The zero-order valence-electron chi connectivity index (χ0n) is 11.4. The Morgan fingerprint density at radius 3 is 2.71 bits per heavy atom. The number of hydrogen-bond acceptors (Lipinski definition) is 6. The van der Waals surface area contributed by atoms with Crippen molar-refractivity contribution in [1.29, 1.82) is 0 Å². The molecule has 0 atom stereocenters. The van der Waals surface area contributed by atoms with Gasteiger partial charge in [0.15, 0.2) is 0 Å². The van der Waals surface area contributed by atoms with Gasteiger partial charge >= 0.3 is 12.1 Å². The SMILES string of the molecule is CCOC(=O)Nc1c(C(=O)OCC)oc2ncc(Br)cc12. The molecule has 21 heavy (non-hydrogen) atoms. The van der Waals surface area contributed by atoms with Crippen molar-refractivity contribution in [3.05, 3.63) is 22.5 Å². The molecule has 0 fully saturated rings. The fraction of sp³-hybridized carbons (Fsp3) is 0.308. The van der Waals surface area contributed by atoms with Gasteiger partial charge in [0, 0.05) is 10.7 Å². The Labute approximate surface area is 128 Å². The van der Waals surface area contributed by atoms with Crippen LogP contribution >= 0.6 is 15.9 Å². The van der Waals surface area contributed by atoms with E-state index in [-0.39, 0.29) is 30.4 Å². The molecule has 0 saturated carbocycles.